The van der Waals surface area contributed by atoms with Crippen molar-refractivity contribution in [3.8, 4) is 11.1 Å². The van der Waals surface area contributed by atoms with Crippen LogP contribution in [0.2, 0.25) is 0 Å². The van der Waals surface area contributed by atoms with E-state index in [4.69, 9.17) is 4.74 Å². The SMILES string of the molecule is CC(C)C(NC(=O)OCC1c2ccccc2-c2ccccc21)C(=O)N1C(C)SCC1C(=O)O. The van der Waals surface area contributed by atoms with E-state index in [-0.39, 0.29) is 23.8 Å². The molecule has 0 spiro atoms. The second-order valence-corrected chi connectivity index (χ2v) is 10.1. The molecule has 1 aliphatic carbocycles. The minimum absolute atomic E-state index is 0.0808. The molecule has 2 aliphatic rings. The van der Waals surface area contributed by atoms with E-state index >= 15 is 0 Å². The van der Waals surface area contributed by atoms with Crippen LogP contribution in [0.1, 0.15) is 37.8 Å². The summed E-state index contributed by atoms with van der Waals surface area (Å²) < 4.78 is 5.59. The third kappa shape index (κ3) is 4.44. The number of benzene rings is 2. The van der Waals surface area contributed by atoms with E-state index in [1.807, 2.05) is 50.2 Å². The summed E-state index contributed by atoms with van der Waals surface area (Å²) in [6.45, 7) is 5.58. The van der Waals surface area contributed by atoms with Crippen molar-refractivity contribution < 1.29 is 24.2 Å². The van der Waals surface area contributed by atoms with Gasteiger partial charge in [0.15, 0.2) is 0 Å². The smallest absolute Gasteiger partial charge is 0.407 e. The average molecular weight is 469 g/mol. The Morgan fingerprint density at radius 1 is 1.09 bits per heavy atom. The Labute approximate surface area is 197 Å². The van der Waals surface area contributed by atoms with Crippen molar-refractivity contribution in [3.05, 3.63) is 59.7 Å². The van der Waals surface area contributed by atoms with Crippen LogP contribution in [-0.4, -0.2) is 57.8 Å². The first-order valence-electron chi connectivity index (χ1n) is 11.1. The van der Waals surface area contributed by atoms with Gasteiger partial charge in [-0.25, -0.2) is 9.59 Å². The number of nitrogens with zero attached hydrogens (tertiary/aromatic N) is 1. The van der Waals surface area contributed by atoms with Gasteiger partial charge in [-0.1, -0.05) is 62.4 Å². The van der Waals surface area contributed by atoms with Crippen molar-refractivity contribution in [2.75, 3.05) is 12.4 Å². The van der Waals surface area contributed by atoms with Crippen LogP contribution in [0.25, 0.3) is 11.1 Å². The lowest BCUT2D eigenvalue weighted by Crippen LogP contribution is -2.55. The van der Waals surface area contributed by atoms with Gasteiger partial charge in [0, 0.05) is 11.7 Å². The largest absolute Gasteiger partial charge is 0.480 e. The number of thioether (sulfide) groups is 1. The number of nitrogens with one attached hydrogen (secondary N) is 1. The van der Waals surface area contributed by atoms with Crippen LogP contribution in [0.4, 0.5) is 4.79 Å². The van der Waals surface area contributed by atoms with Gasteiger partial charge in [-0.05, 0) is 35.1 Å². The Morgan fingerprint density at radius 2 is 1.67 bits per heavy atom. The summed E-state index contributed by atoms with van der Waals surface area (Å²) in [6.07, 6.45) is -0.685. The van der Waals surface area contributed by atoms with E-state index in [0.29, 0.717) is 5.75 Å². The molecule has 0 saturated carbocycles. The molecule has 33 heavy (non-hydrogen) atoms. The van der Waals surface area contributed by atoms with Crippen LogP contribution < -0.4 is 5.32 Å². The minimum atomic E-state index is -1.04. The molecule has 0 bridgehead atoms. The molecule has 174 valence electrons. The first-order chi connectivity index (χ1) is 15.8. The third-order valence-corrected chi connectivity index (χ3v) is 7.53. The van der Waals surface area contributed by atoms with Crippen LogP contribution in [-0.2, 0) is 14.3 Å². The number of ether oxygens (including phenoxy) is 1. The zero-order chi connectivity index (χ0) is 23.7. The zero-order valence-corrected chi connectivity index (χ0v) is 19.7. The molecule has 2 aromatic carbocycles. The van der Waals surface area contributed by atoms with E-state index in [9.17, 15) is 19.5 Å². The first-order valence-corrected chi connectivity index (χ1v) is 12.1. The zero-order valence-electron chi connectivity index (χ0n) is 18.9. The van der Waals surface area contributed by atoms with E-state index in [0.717, 1.165) is 22.3 Å². The standard InChI is InChI=1S/C25H28N2O5S/c1-14(2)22(23(28)27-15(3)33-13-21(27)24(29)30)26-25(31)32-12-20-18-10-6-4-8-16(18)17-9-5-7-11-19(17)20/h4-11,14-15,20-22H,12-13H2,1-3H3,(H,26,31)(H,29,30). The predicted octanol–water partition coefficient (Wildman–Crippen LogP) is 3.92. The molecular formula is C25H28N2O5S. The number of hydrogen-bond donors (Lipinski definition) is 2. The molecule has 1 saturated heterocycles. The number of rotatable bonds is 6. The average Bonchev–Trinajstić information content (AvgIpc) is 3.33. The fourth-order valence-electron chi connectivity index (χ4n) is 4.61. The number of carbonyl (C=O) groups is 3. The highest BCUT2D eigenvalue weighted by molar-refractivity contribution is 8.00. The molecule has 0 radical (unpaired) electrons. The summed E-state index contributed by atoms with van der Waals surface area (Å²) in [5, 5.41) is 11.9. The van der Waals surface area contributed by atoms with Gasteiger partial charge in [-0.2, -0.15) is 0 Å². The maximum absolute atomic E-state index is 13.2. The summed E-state index contributed by atoms with van der Waals surface area (Å²) >= 11 is 1.41. The number of hydrogen-bond acceptors (Lipinski definition) is 5. The second kappa shape index (κ2) is 9.47. The molecule has 8 heteroatoms. The van der Waals surface area contributed by atoms with Crippen LogP contribution >= 0.6 is 11.8 Å². The van der Waals surface area contributed by atoms with E-state index in [2.05, 4.69) is 17.4 Å². The van der Waals surface area contributed by atoms with Gasteiger partial charge in [0.25, 0.3) is 0 Å². The van der Waals surface area contributed by atoms with Crippen LogP contribution in [0.3, 0.4) is 0 Å². The number of alkyl carbamates (subject to hydrolysis) is 1. The Balaban J connectivity index is 1.45. The van der Waals surface area contributed by atoms with Gasteiger partial charge in [-0.3, -0.25) is 4.79 Å². The molecule has 3 unspecified atom stereocenters. The van der Waals surface area contributed by atoms with Crippen molar-refractivity contribution in [2.24, 2.45) is 5.92 Å². The fraction of sp³-hybridized carbons (Fsp3) is 0.400. The summed E-state index contributed by atoms with van der Waals surface area (Å²) in [4.78, 5) is 38.9. The lowest BCUT2D eigenvalue weighted by Gasteiger charge is -2.31. The maximum Gasteiger partial charge on any atom is 0.407 e. The van der Waals surface area contributed by atoms with Gasteiger partial charge in [0.05, 0.1) is 5.37 Å². The van der Waals surface area contributed by atoms with Crippen LogP contribution in [0.15, 0.2) is 48.5 Å². The van der Waals surface area contributed by atoms with Gasteiger partial charge in [0.1, 0.15) is 18.7 Å². The maximum atomic E-state index is 13.2. The van der Waals surface area contributed by atoms with E-state index in [1.54, 1.807) is 6.92 Å². The number of carboxylic acid groups (broad SMARTS) is 1. The minimum Gasteiger partial charge on any atom is -0.480 e. The number of carboxylic acids is 1. The monoisotopic (exact) mass is 468 g/mol. The normalized spacial score (nSPS) is 20.3. The molecule has 2 aromatic rings. The Bertz CT molecular complexity index is 1030. The van der Waals surface area contributed by atoms with Gasteiger partial charge >= 0.3 is 12.1 Å². The number of carbonyl (C=O) groups excluding carboxylic acids is 2. The molecule has 2 amide bonds. The molecular weight excluding hydrogens is 440 g/mol. The lowest BCUT2D eigenvalue weighted by molar-refractivity contribution is -0.150. The number of fused-ring (bicyclic) bond motifs is 3. The number of amides is 2. The van der Waals surface area contributed by atoms with E-state index in [1.165, 1.54) is 16.7 Å². The summed E-state index contributed by atoms with van der Waals surface area (Å²) in [6, 6.07) is 14.4. The highest BCUT2D eigenvalue weighted by Crippen LogP contribution is 2.44. The van der Waals surface area contributed by atoms with Gasteiger partial charge < -0.3 is 20.1 Å². The summed E-state index contributed by atoms with van der Waals surface area (Å²) in [7, 11) is 0. The predicted molar refractivity (Wildman–Crippen MR) is 127 cm³/mol. The molecule has 3 atom stereocenters. The quantitative estimate of drug-likeness (QED) is 0.667. The van der Waals surface area contributed by atoms with E-state index < -0.39 is 30.1 Å². The molecule has 1 fully saturated rings. The van der Waals surface area contributed by atoms with Gasteiger partial charge in [0.2, 0.25) is 5.91 Å². The molecule has 1 aliphatic heterocycles. The van der Waals surface area contributed by atoms with Crippen molar-refractivity contribution in [2.45, 2.75) is 44.1 Å². The molecule has 7 nitrogen and oxygen atoms in total. The molecule has 0 aromatic heterocycles. The van der Waals surface area contributed by atoms with Crippen LogP contribution in [0, 0.1) is 5.92 Å². The highest BCUT2D eigenvalue weighted by atomic mass is 32.2. The van der Waals surface area contributed by atoms with Gasteiger partial charge in [-0.15, -0.1) is 11.8 Å². The Morgan fingerprint density at radius 3 is 2.21 bits per heavy atom. The fourth-order valence-corrected chi connectivity index (χ4v) is 5.78. The summed E-state index contributed by atoms with van der Waals surface area (Å²) in [5.41, 5.74) is 4.49. The topological polar surface area (TPSA) is 95.9 Å². The Kier molecular flexibility index (Phi) is 6.65. The van der Waals surface area contributed by atoms with Crippen molar-refractivity contribution in [3.63, 3.8) is 0 Å². The lowest BCUT2D eigenvalue weighted by atomic mass is 9.98. The van der Waals surface area contributed by atoms with Crippen molar-refractivity contribution in [1.82, 2.24) is 10.2 Å². The first kappa shape index (κ1) is 23.2. The van der Waals surface area contributed by atoms with Crippen molar-refractivity contribution in [1.29, 1.82) is 0 Å². The molecule has 4 rings (SSSR count). The third-order valence-electron chi connectivity index (χ3n) is 6.31. The Hall–Kier alpha value is -3.00. The number of aliphatic carboxylic acids is 1. The molecule has 2 N–H and O–H groups in total. The second-order valence-electron chi connectivity index (χ2n) is 8.72. The van der Waals surface area contributed by atoms with Crippen LogP contribution in [0.5, 0.6) is 0 Å². The highest BCUT2D eigenvalue weighted by Gasteiger charge is 2.43. The summed E-state index contributed by atoms with van der Waals surface area (Å²) in [5.74, 6) is -1.42. The molecule has 1 heterocycles. The van der Waals surface area contributed by atoms with Crippen molar-refractivity contribution >= 4 is 29.7 Å².